The Balaban J connectivity index is 3.46. The second-order valence-electron chi connectivity index (χ2n) is 2.94. The Morgan fingerprint density at radius 1 is 1.53 bits per heavy atom. The van der Waals surface area contributed by atoms with Crippen LogP contribution in [0.1, 0.15) is 15.9 Å². The second-order valence-corrected chi connectivity index (χ2v) is 2.94. The number of carbonyl (C=O) groups excluding carboxylic acids is 1. The fraction of sp³-hybridized carbons (Fsp3) is 0.222. The normalized spacial score (nSPS) is 9.73. The molecule has 1 rings (SSSR count). The molecule has 0 atom stereocenters. The summed E-state index contributed by atoms with van der Waals surface area (Å²) in [4.78, 5) is 21.3. The van der Waals surface area contributed by atoms with E-state index in [1.54, 1.807) is 6.92 Å². The summed E-state index contributed by atoms with van der Waals surface area (Å²) in [6.45, 7) is 1.63. The second kappa shape index (κ2) is 3.95. The zero-order valence-corrected chi connectivity index (χ0v) is 8.31. The van der Waals surface area contributed by atoms with Gasteiger partial charge in [-0.1, -0.05) is 6.07 Å². The molecule has 0 aliphatic rings. The number of nitrogens with two attached hydrogens (primary N) is 1. The number of benzene rings is 1. The molecule has 0 aliphatic heterocycles. The number of methoxy groups -OCH3 is 1. The van der Waals surface area contributed by atoms with Gasteiger partial charge in [-0.25, -0.2) is 4.79 Å². The van der Waals surface area contributed by atoms with Gasteiger partial charge in [-0.05, 0) is 18.6 Å². The van der Waals surface area contributed by atoms with Gasteiger partial charge >= 0.3 is 11.7 Å². The van der Waals surface area contributed by atoms with Crippen LogP contribution in [0.3, 0.4) is 0 Å². The Kier molecular flexibility index (Phi) is 2.89. The molecule has 0 heterocycles. The van der Waals surface area contributed by atoms with Crippen molar-refractivity contribution in [1.29, 1.82) is 0 Å². The van der Waals surface area contributed by atoms with Gasteiger partial charge < -0.3 is 10.5 Å². The van der Waals surface area contributed by atoms with Crippen molar-refractivity contribution >= 4 is 17.3 Å². The topological polar surface area (TPSA) is 95.5 Å². The average molecular weight is 210 g/mol. The molecule has 0 spiro atoms. The number of hydrogen-bond acceptors (Lipinski definition) is 5. The number of anilines is 1. The molecule has 15 heavy (non-hydrogen) atoms. The van der Waals surface area contributed by atoms with E-state index in [0.717, 1.165) is 7.11 Å². The lowest BCUT2D eigenvalue weighted by molar-refractivity contribution is -0.384. The molecule has 2 N–H and O–H groups in total. The van der Waals surface area contributed by atoms with Gasteiger partial charge in [0.2, 0.25) is 0 Å². The zero-order valence-electron chi connectivity index (χ0n) is 8.31. The van der Waals surface area contributed by atoms with Crippen molar-refractivity contribution in [2.24, 2.45) is 0 Å². The Hall–Kier alpha value is -2.11. The minimum absolute atomic E-state index is 0.0112. The van der Waals surface area contributed by atoms with E-state index in [1.165, 1.54) is 12.1 Å². The number of nitrogens with zero attached hydrogens (tertiary/aromatic N) is 1. The lowest BCUT2D eigenvalue weighted by Crippen LogP contribution is -2.08. The van der Waals surface area contributed by atoms with Gasteiger partial charge in [0.1, 0.15) is 11.3 Å². The van der Waals surface area contributed by atoms with Crippen LogP contribution in [0, 0.1) is 17.0 Å². The molecule has 0 unspecified atom stereocenters. The number of esters is 1. The lowest BCUT2D eigenvalue weighted by Gasteiger charge is -2.05. The fourth-order valence-corrected chi connectivity index (χ4v) is 1.18. The van der Waals surface area contributed by atoms with E-state index in [9.17, 15) is 14.9 Å². The molecular weight excluding hydrogens is 200 g/mol. The molecule has 0 aliphatic carbocycles. The highest BCUT2D eigenvalue weighted by Crippen LogP contribution is 2.29. The maximum absolute atomic E-state index is 11.2. The molecule has 1 aromatic carbocycles. The highest BCUT2D eigenvalue weighted by Gasteiger charge is 2.24. The van der Waals surface area contributed by atoms with Crippen LogP contribution in [0.4, 0.5) is 11.4 Å². The van der Waals surface area contributed by atoms with E-state index in [2.05, 4.69) is 4.74 Å². The van der Waals surface area contributed by atoms with Crippen molar-refractivity contribution in [3.05, 3.63) is 33.4 Å². The minimum Gasteiger partial charge on any atom is -0.465 e. The molecule has 6 nitrogen and oxygen atoms in total. The summed E-state index contributed by atoms with van der Waals surface area (Å²) in [7, 11) is 1.15. The molecule has 6 heteroatoms. The van der Waals surface area contributed by atoms with E-state index in [4.69, 9.17) is 5.73 Å². The van der Waals surface area contributed by atoms with Crippen molar-refractivity contribution in [3.63, 3.8) is 0 Å². The van der Waals surface area contributed by atoms with Crippen LogP contribution in [0.2, 0.25) is 0 Å². The van der Waals surface area contributed by atoms with Crippen LogP contribution in [0.25, 0.3) is 0 Å². The number of ether oxygens (including phenoxy) is 1. The first kappa shape index (κ1) is 11.0. The van der Waals surface area contributed by atoms with E-state index >= 15 is 0 Å². The van der Waals surface area contributed by atoms with Gasteiger partial charge in [0.25, 0.3) is 0 Å². The van der Waals surface area contributed by atoms with E-state index in [1.807, 2.05) is 0 Å². The smallest absolute Gasteiger partial charge is 0.344 e. The number of aryl methyl sites for hydroxylation is 1. The Morgan fingerprint density at radius 3 is 2.60 bits per heavy atom. The van der Waals surface area contributed by atoms with Crippen LogP contribution in [-0.4, -0.2) is 18.0 Å². The molecule has 0 amide bonds. The van der Waals surface area contributed by atoms with Crippen LogP contribution >= 0.6 is 0 Å². The van der Waals surface area contributed by atoms with Gasteiger partial charge in [-0.15, -0.1) is 0 Å². The molecule has 0 saturated carbocycles. The number of rotatable bonds is 2. The molecular formula is C9H10N2O4. The SMILES string of the molecule is COC(=O)c1ccc(C)c(N)c1[N+](=O)[O-]. The monoisotopic (exact) mass is 210 g/mol. The van der Waals surface area contributed by atoms with Crippen LogP contribution < -0.4 is 5.73 Å². The van der Waals surface area contributed by atoms with E-state index in [0.29, 0.717) is 5.56 Å². The van der Waals surface area contributed by atoms with Crippen molar-refractivity contribution in [1.82, 2.24) is 0 Å². The van der Waals surface area contributed by atoms with Crippen LogP contribution in [0.15, 0.2) is 12.1 Å². The third-order valence-electron chi connectivity index (χ3n) is 2.02. The van der Waals surface area contributed by atoms with E-state index < -0.39 is 16.6 Å². The summed E-state index contributed by atoms with van der Waals surface area (Å²) < 4.78 is 4.42. The predicted octanol–water partition coefficient (Wildman–Crippen LogP) is 1.27. The largest absolute Gasteiger partial charge is 0.465 e. The van der Waals surface area contributed by atoms with Crippen molar-refractivity contribution in [2.75, 3.05) is 12.8 Å². The molecule has 0 aromatic heterocycles. The number of nitrogen functional groups attached to an aromatic ring is 1. The minimum atomic E-state index is -0.770. The predicted molar refractivity (Wildman–Crippen MR) is 53.6 cm³/mol. The molecule has 0 bridgehead atoms. The number of carbonyl (C=O) groups is 1. The maximum Gasteiger partial charge on any atom is 0.344 e. The first-order chi connectivity index (χ1) is 6.99. The van der Waals surface area contributed by atoms with Crippen LogP contribution in [-0.2, 0) is 4.74 Å². The first-order valence-electron chi connectivity index (χ1n) is 4.10. The highest BCUT2D eigenvalue weighted by atomic mass is 16.6. The Bertz CT molecular complexity index is 428. The third kappa shape index (κ3) is 1.88. The number of nitro groups is 1. The molecule has 80 valence electrons. The summed E-state index contributed by atoms with van der Waals surface area (Å²) in [5.41, 5.74) is 5.53. The van der Waals surface area contributed by atoms with Crippen molar-refractivity contribution < 1.29 is 14.5 Å². The fourth-order valence-electron chi connectivity index (χ4n) is 1.18. The third-order valence-corrected chi connectivity index (χ3v) is 2.02. The number of hydrogen-bond donors (Lipinski definition) is 1. The molecule has 0 radical (unpaired) electrons. The zero-order chi connectivity index (χ0) is 11.6. The first-order valence-corrected chi connectivity index (χ1v) is 4.10. The van der Waals surface area contributed by atoms with Gasteiger partial charge in [-0.3, -0.25) is 10.1 Å². The summed E-state index contributed by atoms with van der Waals surface area (Å²) in [6, 6.07) is 2.87. The maximum atomic E-state index is 11.2. The lowest BCUT2D eigenvalue weighted by atomic mass is 10.1. The van der Waals surface area contributed by atoms with Crippen LogP contribution in [0.5, 0.6) is 0 Å². The van der Waals surface area contributed by atoms with Gasteiger partial charge in [0.05, 0.1) is 12.0 Å². The molecule has 1 aromatic rings. The summed E-state index contributed by atoms with van der Waals surface area (Å²) in [5, 5.41) is 10.7. The van der Waals surface area contributed by atoms with Crippen molar-refractivity contribution in [3.8, 4) is 0 Å². The number of nitro benzene ring substituents is 1. The summed E-state index contributed by atoms with van der Waals surface area (Å²) in [5.74, 6) is -0.770. The Labute approximate surface area is 85.8 Å². The Morgan fingerprint density at radius 2 is 2.13 bits per heavy atom. The van der Waals surface area contributed by atoms with Gasteiger partial charge in [-0.2, -0.15) is 0 Å². The highest BCUT2D eigenvalue weighted by molar-refractivity contribution is 5.96. The average Bonchev–Trinajstić information content (AvgIpc) is 2.20. The van der Waals surface area contributed by atoms with Gasteiger partial charge in [0, 0.05) is 0 Å². The van der Waals surface area contributed by atoms with Crippen molar-refractivity contribution in [2.45, 2.75) is 6.92 Å². The van der Waals surface area contributed by atoms with Gasteiger partial charge in [0.15, 0.2) is 0 Å². The van der Waals surface area contributed by atoms with E-state index in [-0.39, 0.29) is 11.3 Å². The summed E-state index contributed by atoms with van der Waals surface area (Å²) >= 11 is 0. The quantitative estimate of drug-likeness (QED) is 0.343. The molecule has 0 fully saturated rings. The standard InChI is InChI=1S/C9H10N2O4/c1-5-3-4-6(9(12)15-2)8(7(5)10)11(13)14/h3-4H,10H2,1-2H3. The molecule has 0 saturated heterocycles. The summed E-state index contributed by atoms with van der Waals surface area (Å²) in [6.07, 6.45) is 0.